The van der Waals surface area contributed by atoms with Crippen molar-refractivity contribution in [3.63, 3.8) is 0 Å². The van der Waals surface area contributed by atoms with E-state index in [1.807, 2.05) is 31.2 Å². The first kappa shape index (κ1) is 19.5. The normalized spacial score (nSPS) is 10.2. The van der Waals surface area contributed by atoms with Gasteiger partial charge in [-0.05, 0) is 55.5 Å². The van der Waals surface area contributed by atoms with Crippen molar-refractivity contribution in [2.75, 3.05) is 17.2 Å². The number of aryl methyl sites for hydroxylation is 1. The van der Waals surface area contributed by atoms with Crippen molar-refractivity contribution >= 4 is 34.8 Å². The average Bonchev–Trinajstić information content (AvgIpc) is 2.70. The first-order valence-electron chi connectivity index (χ1n) is 8.66. The molecule has 2 amide bonds. The van der Waals surface area contributed by atoms with Gasteiger partial charge in [0.05, 0.1) is 10.7 Å². The van der Waals surface area contributed by atoms with Crippen molar-refractivity contribution < 1.29 is 14.3 Å². The van der Waals surface area contributed by atoms with E-state index in [-0.39, 0.29) is 18.4 Å². The first-order chi connectivity index (χ1) is 13.5. The molecule has 0 atom stereocenters. The fourth-order valence-electron chi connectivity index (χ4n) is 2.44. The van der Waals surface area contributed by atoms with E-state index >= 15 is 0 Å². The number of amides is 2. The lowest BCUT2D eigenvalue weighted by Gasteiger charge is -2.09. The summed E-state index contributed by atoms with van der Waals surface area (Å²) in [5.74, 6) is -0.0534. The zero-order valence-corrected chi connectivity index (χ0v) is 16.0. The zero-order chi connectivity index (χ0) is 19.9. The Morgan fingerprint density at radius 2 is 1.57 bits per heavy atom. The molecular formula is C22H19ClN2O3. The Labute approximate surface area is 168 Å². The number of carbonyl (C=O) groups is 2. The molecular weight excluding hydrogens is 376 g/mol. The van der Waals surface area contributed by atoms with E-state index in [9.17, 15) is 9.59 Å². The van der Waals surface area contributed by atoms with Crippen LogP contribution in [0, 0.1) is 6.92 Å². The summed E-state index contributed by atoms with van der Waals surface area (Å²) in [7, 11) is 0. The third-order valence-corrected chi connectivity index (χ3v) is 4.27. The van der Waals surface area contributed by atoms with E-state index < -0.39 is 0 Å². The van der Waals surface area contributed by atoms with E-state index in [0.29, 0.717) is 22.0 Å². The second kappa shape index (κ2) is 9.06. The molecule has 2 N–H and O–H groups in total. The molecule has 142 valence electrons. The van der Waals surface area contributed by atoms with E-state index in [4.69, 9.17) is 16.3 Å². The Morgan fingerprint density at radius 1 is 0.893 bits per heavy atom. The molecule has 28 heavy (non-hydrogen) atoms. The minimum atomic E-state index is -0.325. The molecule has 0 bridgehead atoms. The van der Waals surface area contributed by atoms with Crippen molar-refractivity contribution in [1.82, 2.24) is 0 Å². The molecule has 3 rings (SSSR count). The summed E-state index contributed by atoms with van der Waals surface area (Å²) in [5, 5.41) is 5.97. The van der Waals surface area contributed by atoms with Crippen molar-refractivity contribution in [3.8, 4) is 5.75 Å². The Bertz CT molecular complexity index is 970. The summed E-state index contributed by atoms with van der Waals surface area (Å²) < 4.78 is 5.46. The fourth-order valence-corrected chi connectivity index (χ4v) is 2.62. The van der Waals surface area contributed by atoms with Gasteiger partial charge in [-0.2, -0.15) is 0 Å². The molecule has 0 aliphatic rings. The van der Waals surface area contributed by atoms with Crippen LogP contribution in [0.2, 0.25) is 5.02 Å². The third kappa shape index (κ3) is 5.34. The lowest BCUT2D eigenvalue weighted by molar-refractivity contribution is -0.118. The minimum Gasteiger partial charge on any atom is -0.484 e. The van der Waals surface area contributed by atoms with Gasteiger partial charge in [0, 0.05) is 11.3 Å². The van der Waals surface area contributed by atoms with Gasteiger partial charge in [-0.3, -0.25) is 9.59 Å². The van der Waals surface area contributed by atoms with Crippen molar-refractivity contribution in [1.29, 1.82) is 0 Å². The predicted molar refractivity (Wildman–Crippen MR) is 111 cm³/mol. The van der Waals surface area contributed by atoms with Crippen LogP contribution in [-0.2, 0) is 4.79 Å². The molecule has 0 aliphatic heterocycles. The van der Waals surface area contributed by atoms with E-state index in [0.717, 1.165) is 11.3 Å². The largest absolute Gasteiger partial charge is 0.484 e. The Morgan fingerprint density at radius 3 is 2.25 bits per heavy atom. The monoisotopic (exact) mass is 394 g/mol. The van der Waals surface area contributed by atoms with Crippen LogP contribution in [-0.4, -0.2) is 18.4 Å². The predicted octanol–water partition coefficient (Wildman–Crippen LogP) is 4.92. The van der Waals surface area contributed by atoms with Gasteiger partial charge in [0.2, 0.25) is 0 Å². The van der Waals surface area contributed by atoms with Crippen LogP contribution in [0.15, 0.2) is 72.8 Å². The molecule has 0 aliphatic carbocycles. The van der Waals surface area contributed by atoms with Crippen LogP contribution in [0.1, 0.15) is 15.9 Å². The molecule has 3 aromatic rings. The van der Waals surface area contributed by atoms with Gasteiger partial charge in [0.15, 0.2) is 6.61 Å². The number of anilines is 2. The quantitative estimate of drug-likeness (QED) is 0.623. The van der Waals surface area contributed by atoms with E-state index in [2.05, 4.69) is 10.6 Å². The topological polar surface area (TPSA) is 67.4 Å². The number of ether oxygens (including phenoxy) is 1. The molecule has 6 heteroatoms. The minimum absolute atomic E-state index is 0.167. The number of benzene rings is 3. The SMILES string of the molecule is Cc1ccc(NC(=O)c2ccc(OCC(=O)Nc3ccccc3Cl)cc2)cc1. The summed E-state index contributed by atoms with van der Waals surface area (Å²) in [6.45, 7) is 1.82. The Balaban J connectivity index is 1.52. The number of hydrogen-bond acceptors (Lipinski definition) is 3. The lowest BCUT2D eigenvalue weighted by Crippen LogP contribution is -2.20. The molecule has 5 nitrogen and oxygen atoms in total. The lowest BCUT2D eigenvalue weighted by atomic mass is 10.2. The van der Waals surface area contributed by atoms with Gasteiger partial charge in [0.25, 0.3) is 11.8 Å². The number of rotatable bonds is 6. The molecule has 0 fully saturated rings. The van der Waals surface area contributed by atoms with Crippen molar-refractivity contribution in [3.05, 3.63) is 88.9 Å². The standard InChI is InChI=1S/C22H19ClN2O3/c1-15-6-10-17(11-7-15)24-22(27)16-8-12-18(13-9-16)28-14-21(26)25-20-5-3-2-4-19(20)23/h2-13H,14H2,1H3,(H,24,27)(H,25,26). The highest BCUT2D eigenvalue weighted by Crippen LogP contribution is 2.20. The smallest absolute Gasteiger partial charge is 0.262 e. The average molecular weight is 395 g/mol. The van der Waals surface area contributed by atoms with Gasteiger partial charge >= 0.3 is 0 Å². The summed E-state index contributed by atoms with van der Waals surface area (Å²) in [6, 6.07) is 21.1. The highest BCUT2D eigenvalue weighted by atomic mass is 35.5. The number of carbonyl (C=O) groups excluding carboxylic acids is 2. The van der Waals surface area contributed by atoms with Crippen LogP contribution in [0.5, 0.6) is 5.75 Å². The van der Waals surface area contributed by atoms with E-state index in [1.165, 1.54) is 0 Å². The summed E-state index contributed by atoms with van der Waals surface area (Å²) in [5.41, 5.74) is 2.87. The molecule has 0 saturated carbocycles. The Hall–Kier alpha value is -3.31. The fraction of sp³-hybridized carbons (Fsp3) is 0.0909. The molecule has 0 heterocycles. The summed E-state index contributed by atoms with van der Waals surface area (Å²) >= 11 is 6.00. The van der Waals surface area contributed by atoms with Gasteiger partial charge in [-0.1, -0.05) is 41.4 Å². The van der Waals surface area contributed by atoms with Crippen LogP contribution in [0.4, 0.5) is 11.4 Å². The number of nitrogens with one attached hydrogen (secondary N) is 2. The maximum atomic E-state index is 12.3. The molecule has 0 saturated heterocycles. The van der Waals surface area contributed by atoms with Gasteiger partial charge in [-0.15, -0.1) is 0 Å². The van der Waals surface area contributed by atoms with E-state index in [1.54, 1.807) is 48.5 Å². The highest BCUT2D eigenvalue weighted by molar-refractivity contribution is 6.33. The number of para-hydroxylation sites is 1. The van der Waals surface area contributed by atoms with Crippen LogP contribution in [0.25, 0.3) is 0 Å². The summed E-state index contributed by atoms with van der Waals surface area (Å²) in [4.78, 5) is 24.3. The van der Waals surface area contributed by atoms with Crippen LogP contribution < -0.4 is 15.4 Å². The van der Waals surface area contributed by atoms with Gasteiger partial charge in [-0.25, -0.2) is 0 Å². The second-order valence-corrected chi connectivity index (χ2v) is 6.57. The van der Waals surface area contributed by atoms with Crippen molar-refractivity contribution in [2.24, 2.45) is 0 Å². The number of halogens is 1. The van der Waals surface area contributed by atoms with Crippen LogP contribution in [0.3, 0.4) is 0 Å². The third-order valence-electron chi connectivity index (χ3n) is 3.94. The maximum Gasteiger partial charge on any atom is 0.262 e. The van der Waals surface area contributed by atoms with Gasteiger partial charge in [0.1, 0.15) is 5.75 Å². The molecule has 0 aromatic heterocycles. The summed E-state index contributed by atoms with van der Waals surface area (Å²) in [6.07, 6.45) is 0. The van der Waals surface area contributed by atoms with Gasteiger partial charge < -0.3 is 15.4 Å². The number of hydrogen-bond donors (Lipinski definition) is 2. The molecule has 0 spiro atoms. The zero-order valence-electron chi connectivity index (χ0n) is 15.2. The molecule has 0 unspecified atom stereocenters. The second-order valence-electron chi connectivity index (χ2n) is 6.16. The molecule has 0 radical (unpaired) electrons. The maximum absolute atomic E-state index is 12.3. The van der Waals surface area contributed by atoms with Crippen LogP contribution >= 0.6 is 11.6 Å². The first-order valence-corrected chi connectivity index (χ1v) is 9.04. The highest BCUT2D eigenvalue weighted by Gasteiger charge is 2.08. The van der Waals surface area contributed by atoms with Crippen molar-refractivity contribution in [2.45, 2.75) is 6.92 Å². The Kier molecular flexibility index (Phi) is 6.29. The molecule has 3 aromatic carbocycles.